The molecule has 0 unspecified atom stereocenters. The Hall–Kier alpha value is -2.99. The molecule has 1 amide bonds. The van der Waals surface area contributed by atoms with Crippen LogP contribution in [0, 0.1) is 6.92 Å². The van der Waals surface area contributed by atoms with Crippen LogP contribution in [0.15, 0.2) is 48.8 Å². The Morgan fingerprint density at radius 3 is 2.93 bits per heavy atom. The van der Waals surface area contributed by atoms with Crippen molar-refractivity contribution in [2.24, 2.45) is 0 Å². The summed E-state index contributed by atoms with van der Waals surface area (Å²) in [4.78, 5) is 23.4. The summed E-state index contributed by atoms with van der Waals surface area (Å²) in [5, 5.41) is 4.00. The lowest BCUT2D eigenvalue weighted by atomic mass is 10.1. The van der Waals surface area contributed by atoms with Gasteiger partial charge < -0.3 is 15.0 Å². The van der Waals surface area contributed by atoms with Crippen molar-refractivity contribution in [3.63, 3.8) is 0 Å². The molecule has 3 heterocycles. The highest BCUT2D eigenvalue weighted by Gasteiger charge is 2.24. The van der Waals surface area contributed by atoms with Crippen LogP contribution in [0.1, 0.15) is 22.5 Å². The number of ether oxygens (including phenoxy) is 1. The van der Waals surface area contributed by atoms with E-state index in [-0.39, 0.29) is 12.0 Å². The standard InChI is InChI=1S/C21H22N4O2/c1-14-10-20(25-9-7-17(13-25)27-2)18-6-5-16(11-19(18)23-14)24-21(26)15-4-3-8-22-12-15/h3-6,8,10-12,17H,7,9,13H2,1-2H3,(H,24,26)/t17-/m0/s1. The molecule has 4 rings (SSSR count). The maximum atomic E-state index is 12.4. The Kier molecular flexibility index (Phi) is 4.73. The van der Waals surface area contributed by atoms with E-state index in [1.165, 1.54) is 5.69 Å². The van der Waals surface area contributed by atoms with Crippen LogP contribution in [-0.4, -0.2) is 42.2 Å². The molecule has 0 bridgehead atoms. The number of aromatic nitrogens is 2. The predicted octanol–water partition coefficient (Wildman–Crippen LogP) is 3.42. The van der Waals surface area contributed by atoms with Crippen molar-refractivity contribution < 1.29 is 9.53 Å². The Morgan fingerprint density at radius 2 is 2.19 bits per heavy atom. The molecule has 1 atom stereocenters. The second-order valence-electron chi connectivity index (χ2n) is 6.80. The Labute approximate surface area is 158 Å². The third kappa shape index (κ3) is 3.61. The number of hydrogen-bond donors (Lipinski definition) is 1. The monoisotopic (exact) mass is 362 g/mol. The van der Waals surface area contributed by atoms with Gasteiger partial charge in [-0.05, 0) is 49.7 Å². The van der Waals surface area contributed by atoms with Crippen molar-refractivity contribution in [1.29, 1.82) is 0 Å². The van der Waals surface area contributed by atoms with Gasteiger partial charge in [0.2, 0.25) is 0 Å². The molecule has 1 aliphatic heterocycles. The van der Waals surface area contributed by atoms with E-state index in [1.54, 1.807) is 31.6 Å². The zero-order valence-corrected chi connectivity index (χ0v) is 15.5. The van der Waals surface area contributed by atoms with Crippen molar-refractivity contribution in [2.45, 2.75) is 19.4 Å². The molecule has 1 aromatic carbocycles. The van der Waals surface area contributed by atoms with Crippen molar-refractivity contribution in [2.75, 3.05) is 30.4 Å². The summed E-state index contributed by atoms with van der Waals surface area (Å²) in [6.45, 7) is 3.85. The number of nitrogens with one attached hydrogen (secondary N) is 1. The smallest absolute Gasteiger partial charge is 0.257 e. The highest BCUT2D eigenvalue weighted by atomic mass is 16.5. The minimum Gasteiger partial charge on any atom is -0.380 e. The first kappa shape index (κ1) is 17.4. The number of pyridine rings is 2. The predicted molar refractivity (Wildman–Crippen MR) is 106 cm³/mol. The molecule has 1 saturated heterocycles. The third-order valence-electron chi connectivity index (χ3n) is 4.92. The molecular formula is C21H22N4O2. The van der Waals surface area contributed by atoms with Gasteiger partial charge in [-0.2, -0.15) is 0 Å². The molecule has 3 aromatic rings. The van der Waals surface area contributed by atoms with Crippen molar-refractivity contribution >= 4 is 28.2 Å². The first-order valence-corrected chi connectivity index (χ1v) is 9.04. The summed E-state index contributed by atoms with van der Waals surface area (Å²) in [5.41, 5.74) is 4.24. The number of carbonyl (C=O) groups excluding carboxylic acids is 1. The molecule has 0 spiro atoms. The van der Waals surface area contributed by atoms with E-state index in [4.69, 9.17) is 4.74 Å². The Balaban J connectivity index is 1.64. The number of benzene rings is 1. The van der Waals surface area contributed by atoms with Crippen LogP contribution >= 0.6 is 0 Å². The lowest BCUT2D eigenvalue weighted by Crippen LogP contribution is -2.22. The van der Waals surface area contributed by atoms with E-state index < -0.39 is 0 Å². The second kappa shape index (κ2) is 7.32. The van der Waals surface area contributed by atoms with E-state index in [0.717, 1.165) is 41.8 Å². The highest BCUT2D eigenvalue weighted by Crippen LogP contribution is 2.31. The fraction of sp³-hybridized carbons (Fsp3) is 0.286. The summed E-state index contributed by atoms with van der Waals surface area (Å²) in [7, 11) is 1.77. The van der Waals surface area contributed by atoms with Gasteiger partial charge in [-0.3, -0.25) is 14.8 Å². The third-order valence-corrected chi connectivity index (χ3v) is 4.92. The molecule has 0 radical (unpaired) electrons. The van der Waals surface area contributed by atoms with E-state index in [9.17, 15) is 4.79 Å². The normalized spacial score (nSPS) is 16.7. The molecule has 1 aliphatic rings. The van der Waals surface area contributed by atoms with E-state index in [0.29, 0.717) is 5.56 Å². The minimum atomic E-state index is -0.183. The zero-order valence-electron chi connectivity index (χ0n) is 15.5. The van der Waals surface area contributed by atoms with Gasteiger partial charge in [-0.25, -0.2) is 0 Å². The first-order valence-electron chi connectivity index (χ1n) is 9.04. The number of methoxy groups -OCH3 is 1. The number of fused-ring (bicyclic) bond motifs is 1. The molecule has 6 nitrogen and oxygen atoms in total. The fourth-order valence-corrected chi connectivity index (χ4v) is 3.52. The number of aryl methyl sites for hydroxylation is 1. The summed E-state index contributed by atoms with van der Waals surface area (Å²) in [5.74, 6) is -0.183. The molecule has 1 N–H and O–H groups in total. The van der Waals surface area contributed by atoms with E-state index in [2.05, 4.69) is 26.3 Å². The Morgan fingerprint density at radius 1 is 1.30 bits per heavy atom. The first-order chi connectivity index (χ1) is 13.1. The topological polar surface area (TPSA) is 67.3 Å². The molecule has 6 heteroatoms. The fourth-order valence-electron chi connectivity index (χ4n) is 3.52. The number of nitrogens with zero attached hydrogens (tertiary/aromatic N) is 3. The lowest BCUT2D eigenvalue weighted by molar-refractivity contribution is 0.102. The van der Waals surface area contributed by atoms with Crippen LogP contribution in [0.3, 0.4) is 0 Å². The van der Waals surface area contributed by atoms with E-state index in [1.807, 2.05) is 25.1 Å². The summed E-state index contributed by atoms with van der Waals surface area (Å²) in [6.07, 6.45) is 4.49. The van der Waals surface area contributed by atoms with Crippen LogP contribution in [0.2, 0.25) is 0 Å². The SMILES string of the molecule is CO[C@H]1CCN(c2cc(C)nc3cc(NC(=O)c4cccnc4)ccc23)C1. The van der Waals surface area contributed by atoms with Crippen LogP contribution in [-0.2, 0) is 4.74 Å². The van der Waals surface area contributed by atoms with Crippen molar-refractivity contribution in [3.05, 3.63) is 60.0 Å². The summed E-state index contributed by atoms with van der Waals surface area (Å²) < 4.78 is 5.50. The van der Waals surface area contributed by atoms with Gasteiger partial charge in [0.15, 0.2) is 0 Å². The largest absolute Gasteiger partial charge is 0.380 e. The minimum absolute atomic E-state index is 0.183. The zero-order chi connectivity index (χ0) is 18.8. The summed E-state index contributed by atoms with van der Waals surface area (Å²) in [6, 6.07) is 11.5. The maximum Gasteiger partial charge on any atom is 0.257 e. The van der Waals surface area contributed by atoms with Crippen molar-refractivity contribution in [1.82, 2.24) is 9.97 Å². The molecule has 27 heavy (non-hydrogen) atoms. The quantitative estimate of drug-likeness (QED) is 0.770. The van der Waals surface area contributed by atoms with Crippen LogP contribution < -0.4 is 10.2 Å². The number of hydrogen-bond acceptors (Lipinski definition) is 5. The van der Waals surface area contributed by atoms with Crippen molar-refractivity contribution in [3.8, 4) is 0 Å². The average molecular weight is 362 g/mol. The second-order valence-corrected chi connectivity index (χ2v) is 6.80. The van der Waals surface area contributed by atoms with Crippen LogP contribution in [0.5, 0.6) is 0 Å². The molecule has 0 saturated carbocycles. The van der Waals surface area contributed by atoms with Crippen LogP contribution in [0.4, 0.5) is 11.4 Å². The lowest BCUT2D eigenvalue weighted by Gasteiger charge is -2.21. The molecule has 1 fully saturated rings. The molecule has 0 aliphatic carbocycles. The maximum absolute atomic E-state index is 12.4. The van der Waals surface area contributed by atoms with Crippen LogP contribution in [0.25, 0.3) is 10.9 Å². The van der Waals surface area contributed by atoms with Gasteiger partial charge in [0.05, 0.1) is 17.2 Å². The number of rotatable bonds is 4. The van der Waals surface area contributed by atoms with Gasteiger partial charge in [0.1, 0.15) is 0 Å². The van der Waals surface area contributed by atoms with E-state index >= 15 is 0 Å². The Bertz CT molecular complexity index is 975. The highest BCUT2D eigenvalue weighted by molar-refractivity contribution is 6.05. The number of carbonyl (C=O) groups is 1. The number of amides is 1. The van der Waals surface area contributed by atoms with Gasteiger partial charge in [0.25, 0.3) is 5.91 Å². The number of anilines is 2. The molecular weight excluding hydrogens is 340 g/mol. The average Bonchev–Trinajstić information content (AvgIpc) is 3.17. The van der Waals surface area contributed by atoms with Gasteiger partial charge >= 0.3 is 0 Å². The summed E-state index contributed by atoms with van der Waals surface area (Å²) >= 11 is 0. The molecule has 138 valence electrons. The molecule has 2 aromatic heterocycles. The van der Waals surface area contributed by atoms with Gasteiger partial charge in [-0.15, -0.1) is 0 Å². The van der Waals surface area contributed by atoms with Gasteiger partial charge in [-0.1, -0.05) is 0 Å². The van der Waals surface area contributed by atoms with Gasteiger partial charge in [0, 0.05) is 55.0 Å².